The van der Waals surface area contributed by atoms with E-state index < -0.39 is 9.76 Å². The van der Waals surface area contributed by atoms with Crippen molar-refractivity contribution in [3.8, 4) is 17.1 Å². The molecule has 0 aliphatic heterocycles. The monoisotopic (exact) mass is 597 g/mol. The summed E-state index contributed by atoms with van der Waals surface area (Å²) in [5, 5.41) is 10.4. The van der Waals surface area contributed by atoms with E-state index in [1.165, 1.54) is 107 Å². The third kappa shape index (κ3) is 15.5. The molecule has 0 aliphatic carbocycles. The molecule has 0 amide bonds. The highest BCUT2D eigenvalue weighted by molar-refractivity contribution is 6.52. The molecule has 0 N–H and O–H groups in total. The number of pyridine rings is 1. The van der Waals surface area contributed by atoms with Crippen molar-refractivity contribution in [2.75, 3.05) is 0 Å². The van der Waals surface area contributed by atoms with Gasteiger partial charge in [-0.1, -0.05) is 137 Å². The second-order valence-electron chi connectivity index (χ2n) is 13.1. The predicted octanol–water partition coefficient (Wildman–Crippen LogP) is 8.68. The first kappa shape index (κ1) is 35.7. The highest BCUT2D eigenvalue weighted by Crippen LogP contribution is 2.26. The van der Waals surface area contributed by atoms with Gasteiger partial charge in [0.1, 0.15) is 17.1 Å². The van der Waals surface area contributed by atoms with Gasteiger partial charge in [0.15, 0.2) is 0 Å². The van der Waals surface area contributed by atoms with Crippen LogP contribution in [0.5, 0.6) is 5.75 Å². The zero-order valence-electron chi connectivity index (χ0n) is 27.7. The van der Waals surface area contributed by atoms with Crippen molar-refractivity contribution in [1.82, 2.24) is 15.2 Å². The molecule has 6 heteroatoms. The molecule has 4 nitrogen and oxygen atoms in total. The Morgan fingerprint density at radius 3 is 2.07 bits per heavy atom. The summed E-state index contributed by atoms with van der Waals surface area (Å²) >= 11 is 0. The van der Waals surface area contributed by atoms with Crippen molar-refractivity contribution < 1.29 is 4.43 Å². The molecule has 0 saturated carbocycles. The normalized spacial score (nSPS) is 15.1. The third-order valence-electron chi connectivity index (χ3n) is 9.12. The van der Waals surface area contributed by atoms with Crippen LogP contribution >= 0.6 is 0 Å². The molecule has 0 aliphatic rings. The Morgan fingerprint density at radius 2 is 1.39 bits per heavy atom. The summed E-state index contributed by atoms with van der Waals surface area (Å²) in [6.45, 7) is 14.3. The van der Waals surface area contributed by atoms with Crippen LogP contribution < -0.4 is 9.74 Å². The van der Waals surface area contributed by atoms with E-state index in [0.29, 0.717) is 0 Å². The topological polar surface area (TPSA) is 47.9 Å². The number of aromatic nitrogens is 3. The molecule has 0 radical (unpaired) electrons. The first-order valence-electron chi connectivity index (χ1n) is 17.3. The zero-order valence-corrected chi connectivity index (χ0v) is 30.5. The Hall–Kier alpha value is -1.54. The largest absolute Gasteiger partial charge is 0.548 e. The molecule has 2 aromatic heterocycles. The average molecular weight is 598 g/mol. The minimum Gasteiger partial charge on any atom is -0.548 e. The van der Waals surface area contributed by atoms with Crippen LogP contribution in [-0.4, -0.2) is 34.5 Å². The summed E-state index contributed by atoms with van der Waals surface area (Å²) in [5.74, 6) is 4.23. The number of unbranched alkanes of at least 4 members (excludes halogenated alkanes) is 5. The Balaban J connectivity index is 1.68. The fourth-order valence-electron chi connectivity index (χ4n) is 5.75. The number of rotatable bonds is 24. The van der Waals surface area contributed by atoms with E-state index >= 15 is 0 Å². The lowest BCUT2D eigenvalue weighted by molar-refractivity contribution is 0.333. The second-order valence-corrected chi connectivity index (χ2v) is 16.3. The number of hydrogen-bond acceptors (Lipinski definition) is 4. The summed E-state index contributed by atoms with van der Waals surface area (Å²) in [6, 6.07) is 10.8. The van der Waals surface area contributed by atoms with Crippen LogP contribution in [0, 0.1) is 23.7 Å². The molecule has 0 saturated heterocycles. The van der Waals surface area contributed by atoms with Gasteiger partial charge in [-0.3, -0.25) is 4.98 Å². The molecule has 2 heterocycles. The van der Waals surface area contributed by atoms with Gasteiger partial charge in [-0.15, -0.1) is 5.10 Å². The van der Waals surface area contributed by atoms with Crippen molar-refractivity contribution in [2.24, 2.45) is 23.7 Å². The maximum absolute atomic E-state index is 6.31. The van der Waals surface area contributed by atoms with Crippen LogP contribution in [0.15, 0.2) is 30.5 Å². The summed E-state index contributed by atoms with van der Waals surface area (Å²) in [6.07, 6.45) is 21.0. The van der Waals surface area contributed by atoms with Gasteiger partial charge >= 0.3 is 0 Å². The molecular formula is C35H63N3OSi2. The molecular weight excluding hydrogens is 535 g/mol. The lowest BCUT2D eigenvalue weighted by Gasteiger charge is -2.19. The van der Waals surface area contributed by atoms with E-state index in [4.69, 9.17) is 4.43 Å². The van der Waals surface area contributed by atoms with E-state index in [-0.39, 0.29) is 9.52 Å². The van der Waals surface area contributed by atoms with Crippen LogP contribution in [0.4, 0.5) is 0 Å². The number of nitrogens with zero attached hydrogens (tertiary/aromatic N) is 3. The van der Waals surface area contributed by atoms with Crippen molar-refractivity contribution in [1.29, 1.82) is 0 Å². The minimum atomic E-state index is -0.623. The van der Waals surface area contributed by atoms with E-state index in [1.807, 2.05) is 18.3 Å². The highest BCUT2D eigenvalue weighted by atomic mass is 28.2. The standard InChI is InChI=1S/C35H63N3OSi2/c1-7-9-12-17-28(3)18-13-11-14-19-29(4)27-40-34-24-23-32(37-38-34)35-33(22-15-25-36-35)39-41-26-16-21-31(6)30(5)20-10-8-2/h15,22-25,28-31H,7-14,16-21,26-27,40-41H2,1-6H3. The van der Waals surface area contributed by atoms with E-state index in [9.17, 15) is 0 Å². The molecule has 2 aromatic rings. The highest BCUT2D eigenvalue weighted by Gasteiger charge is 2.13. The van der Waals surface area contributed by atoms with Gasteiger partial charge in [0.2, 0.25) is 9.76 Å². The maximum Gasteiger partial charge on any atom is 0.219 e. The molecule has 232 valence electrons. The van der Waals surface area contributed by atoms with Crippen LogP contribution in [-0.2, 0) is 0 Å². The first-order valence-corrected chi connectivity index (χ1v) is 20.6. The van der Waals surface area contributed by atoms with Gasteiger partial charge in [-0.25, -0.2) is 0 Å². The quantitative estimate of drug-likeness (QED) is 0.0897. The Morgan fingerprint density at radius 1 is 0.707 bits per heavy atom. The van der Waals surface area contributed by atoms with Crippen molar-refractivity contribution in [3.05, 3.63) is 30.5 Å². The van der Waals surface area contributed by atoms with Gasteiger partial charge < -0.3 is 4.43 Å². The van der Waals surface area contributed by atoms with Crippen molar-refractivity contribution >= 4 is 24.6 Å². The molecule has 0 spiro atoms. The minimum absolute atomic E-state index is 0.385. The maximum atomic E-state index is 6.31. The molecule has 0 bridgehead atoms. The van der Waals surface area contributed by atoms with Gasteiger partial charge in [-0.2, -0.15) is 5.10 Å². The SMILES string of the molecule is CCCCCC(C)CCCCCC(C)C[SiH2]c1ccc(-c2ncccc2O[SiH2]CCCC(C)C(C)CCCC)nn1. The second kappa shape index (κ2) is 22.1. The van der Waals surface area contributed by atoms with Gasteiger partial charge in [0, 0.05) is 11.5 Å². The first-order chi connectivity index (χ1) is 19.9. The average Bonchev–Trinajstić information content (AvgIpc) is 2.99. The fourth-order valence-corrected chi connectivity index (χ4v) is 8.38. The van der Waals surface area contributed by atoms with Crippen LogP contribution in [0.25, 0.3) is 11.4 Å². The zero-order chi connectivity index (χ0) is 29.7. The van der Waals surface area contributed by atoms with E-state index in [0.717, 1.165) is 40.8 Å². The van der Waals surface area contributed by atoms with Gasteiger partial charge in [-0.05, 0) is 54.0 Å². The van der Waals surface area contributed by atoms with Crippen molar-refractivity contribution in [2.45, 2.75) is 144 Å². The van der Waals surface area contributed by atoms with Crippen molar-refractivity contribution in [3.63, 3.8) is 0 Å². The Labute approximate surface area is 258 Å². The summed E-state index contributed by atoms with van der Waals surface area (Å²) < 4.78 is 6.31. The number of hydrogen-bond donors (Lipinski definition) is 0. The molecule has 0 aromatic carbocycles. The summed E-state index contributed by atoms with van der Waals surface area (Å²) in [5.41, 5.74) is 1.68. The van der Waals surface area contributed by atoms with Crippen LogP contribution in [0.2, 0.25) is 12.1 Å². The molecule has 41 heavy (non-hydrogen) atoms. The van der Waals surface area contributed by atoms with Crippen LogP contribution in [0.1, 0.15) is 131 Å². The van der Waals surface area contributed by atoms with Crippen LogP contribution in [0.3, 0.4) is 0 Å². The third-order valence-corrected chi connectivity index (χ3v) is 12.6. The predicted molar refractivity (Wildman–Crippen MR) is 185 cm³/mol. The summed E-state index contributed by atoms with van der Waals surface area (Å²) in [7, 11) is -1.01. The van der Waals surface area contributed by atoms with E-state index in [2.05, 4.69) is 68.9 Å². The molecule has 4 atom stereocenters. The Bertz CT molecular complexity index is 911. The Kier molecular flexibility index (Phi) is 19.2. The van der Waals surface area contributed by atoms with Gasteiger partial charge in [0.25, 0.3) is 0 Å². The summed E-state index contributed by atoms with van der Waals surface area (Å²) in [4.78, 5) is 4.62. The van der Waals surface area contributed by atoms with Gasteiger partial charge in [0.05, 0.1) is 9.52 Å². The molecule has 4 unspecified atom stereocenters. The molecule has 0 fully saturated rings. The fraction of sp³-hybridized carbons (Fsp3) is 0.743. The lowest BCUT2D eigenvalue weighted by atomic mass is 9.88. The molecule has 2 rings (SSSR count). The smallest absolute Gasteiger partial charge is 0.219 e. The van der Waals surface area contributed by atoms with E-state index in [1.54, 1.807) is 0 Å². The lowest BCUT2D eigenvalue weighted by Crippen LogP contribution is -2.21.